The first kappa shape index (κ1) is 19.2. The Kier molecular flexibility index (Phi) is 5.65. The Labute approximate surface area is 172 Å². The zero-order valence-corrected chi connectivity index (χ0v) is 16.8. The Hall–Kier alpha value is -3.08. The molecule has 2 aliphatic rings. The molecule has 2 heterocycles. The van der Waals surface area contributed by atoms with E-state index in [-0.39, 0.29) is 24.3 Å². The maximum absolute atomic E-state index is 12.8. The third-order valence-corrected chi connectivity index (χ3v) is 5.72. The molecular formula is C24H27N3O2. The molecule has 0 radical (unpaired) electrons. The van der Waals surface area contributed by atoms with Crippen molar-refractivity contribution in [2.24, 2.45) is 0 Å². The Bertz CT molecular complexity index is 914. The molecule has 2 aromatic carbocycles. The topological polar surface area (TPSA) is 52.7 Å². The molecule has 2 aromatic rings. The predicted molar refractivity (Wildman–Crippen MR) is 116 cm³/mol. The SMILES string of the molecule is CC(=O)N1C=Cc2ccccc2[C@@H]1CC(=O)Nc1ccc(N2CCCCC2)cc1. The van der Waals surface area contributed by atoms with E-state index < -0.39 is 0 Å². The lowest BCUT2D eigenvalue weighted by molar-refractivity contribution is -0.129. The summed E-state index contributed by atoms with van der Waals surface area (Å²) < 4.78 is 0. The maximum atomic E-state index is 12.8. The third-order valence-electron chi connectivity index (χ3n) is 5.72. The molecule has 1 N–H and O–H groups in total. The summed E-state index contributed by atoms with van der Waals surface area (Å²) in [6, 6.07) is 15.7. The van der Waals surface area contributed by atoms with Crippen molar-refractivity contribution in [1.29, 1.82) is 0 Å². The van der Waals surface area contributed by atoms with Crippen LogP contribution in [0.4, 0.5) is 11.4 Å². The molecule has 5 heteroatoms. The number of amides is 2. The normalized spacial score (nSPS) is 18.3. The molecule has 150 valence electrons. The van der Waals surface area contributed by atoms with E-state index in [0.29, 0.717) is 0 Å². The quantitative estimate of drug-likeness (QED) is 0.833. The van der Waals surface area contributed by atoms with Gasteiger partial charge in [0.25, 0.3) is 0 Å². The van der Waals surface area contributed by atoms with E-state index in [1.54, 1.807) is 11.1 Å². The monoisotopic (exact) mass is 389 g/mol. The number of carbonyl (C=O) groups is 2. The van der Waals surface area contributed by atoms with Gasteiger partial charge in [0.1, 0.15) is 0 Å². The molecule has 1 fully saturated rings. The Balaban J connectivity index is 1.44. The molecule has 0 saturated carbocycles. The van der Waals surface area contributed by atoms with Gasteiger partial charge < -0.3 is 15.1 Å². The second-order valence-corrected chi connectivity index (χ2v) is 7.73. The predicted octanol–water partition coefficient (Wildman–Crippen LogP) is 4.58. The summed E-state index contributed by atoms with van der Waals surface area (Å²) in [4.78, 5) is 28.9. The van der Waals surface area contributed by atoms with E-state index in [1.807, 2.05) is 42.5 Å². The first-order valence-electron chi connectivity index (χ1n) is 10.3. The van der Waals surface area contributed by atoms with Crippen LogP contribution in [0.25, 0.3) is 6.08 Å². The smallest absolute Gasteiger partial charge is 0.226 e. The van der Waals surface area contributed by atoms with E-state index in [1.165, 1.54) is 31.9 Å². The van der Waals surface area contributed by atoms with Crippen molar-refractivity contribution in [1.82, 2.24) is 4.90 Å². The summed E-state index contributed by atoms with van der Waals surface area (Å²) in [5.74, 6) is -0.170. The molecule has 0 aromatic heterocycles. The number of rotatable bonds is 4. The van der Waals surface area contributed by atoms with Gasteiger partial charge in [0.15, 0.2) is 0 Å². The number of nitrogens with one attached hydrogen (secondary N) is 1. The van der Waals surface area contributed by atoms with E-state index >= 15 is 0 Å². The van der Waals surface area contributed by atoms with Gasteiger partial charge >= 0.3 is 0 Å². The molecule has 29 heavy (non-hydrogen) atoms. The van der Waals surface area contributed by atoms with Gasteiger partial charge in [-0.25, -0.2) is 0 Å². The summed E-state index contributed by atoms with van der Waals surface area (Å²) >= 11 is 0. The number of fused-ring (bicyclic) bond motifs is 1. The van der Waals surface area contributed by atoms with E-state index in [2.05, 4.69) is 22.3 Å². The lowest BCUT2D eigenvalue weighted by atomic mass is 9.93. The number of anilines is 2. The lowest BCUT2D eigenvalue weighted by Crippen LogP contribution is -2.33. The fourth-order valence-electron chi connectivity index (χ4n) is 4.21. The standard InChI is InChI=1S/C24H27N3O2/c1-18(28)27-16-13-19-7-3-4-8-22(19)23(27)17-24(29)25-20-9-11-21(12-10-20)26-14-5-2-6-15-26/h3-4,7-13,16,23H,2,5-6,14-15,17H2,1H3,(H,25,29)/t23-/m0/s1. The van der Waals surface area contributed by atoms with Crippen LogP contribution < -0.4 is 10.2 Å². The molecule has 0 unspecified atom stereocenters. The molecular weight excluding hydrogens is 362 g/mol. The first-order valence-corrected chi connectivity index (χ1v) is 10.3. The van der Waals surface area contributed by atoms with E-state index in [9.17, 15) is 9.59 Å². The highest BCUT2D eigenvalue weighted by atomic mass is 16.2. The highest BCUT2D eigenvalue weighted by Crippen LogP contribution is 2.33. The van der Waals surface area contributed by atoms with Crippen LogP contribution in [0.2, 0.25) is 0 Å². The minimum Gasteiger partial charge on any atom is -0.372 e. The second kappa shape index (κ2) is 8.52. The fraction of sp³-hybridized carbons (Fsp3) is 0.333. The van der Waals surface area contributed by atoms with Crippen LogP contribution in [0.3, 0.4) is 0 Å². The second-order valence-electron chi connectivity index (χ2n) is 7.73. The summed E-state index contributed by atoms with van der Waals surface area (Å²) in [6.07, 6.45) is 7.70. The maximum Gasteiger partial charge on any atom is 0.226 e. The molecule has 1 atom stereocenters. The number of hydrogen-bond donors (Lipinski definition) is 1. The van der Waals surface area contributed by atoms with Gasteiger partial charge in [-0.05, 0) is 60.7 Å². The Morgan fingerprint density at radius 3 is 2.45 bits per heavy atom. The molecule has 2 amide bonds. The summed E-state index contributed by atoms with van der Waals surface area (Å²) in [7, 11) is 0. The molecule has 5 nitrogen and oxygen atoms in total. The van der Waals surface area contributed by atoms with Crippen molar-refractivity contribution in [3.05, 3.63) is 65.9 Å². The number of hydrogen-bond acceptors (Lipinski definition) is 3. The highest BCUT2D eigenvalue weighted by molar-refractivity contribution is 5.92. The average Bonchev–Trinajstić information content (AvgIpc) is 2.75. The van der Waals surface area contributed by atoms with Gasteiger partial charge in [0, 0.05) is 37.6 Å². The van der Waals surface area contributed by atoms with Gasteiger partial charge in [-0.1, -0.05) is 24.3 Å². The van der Waals surface area contributed by atoms with Gasteiger partial charge in [0.05, 0.1) is 12.5 Å². The number of nitrogens with zero attached hydrogens (tertiary/aromatic N) is 2. The van der Waals surface area contributed by atoms with Crippen LogP contribution >= 0.6 is 0 Å². The Morgan fingerprint density at radius 2 is 1.72 bits per heavy atom. The minimum atomic E-state index is -0.290. The molecule has 0 spiro atoms. The average molecular weight is 389 g/mol. The van der Waals surface area contributed by atoms with Crippen molar-refractivity contribution in [2.45, 2.75) is 38.6 Å². The van der Waals surface area contributed by atoms with Gasteiger partial charge in [0.2, 0.25) is 11.8 Å². The molecule has 4 rings (SSSR count). The van der Waals surface area contributed by atoms with E-state index in [4.69, 9.17) is 0 Å². The summed E-state index contributed by atoms with van der Waals surface area (Å²) in [6.45, 7) is 3.73. The van der Waals surface area contributed by atoms with Gasteiger partial charge in [-0.2, -0.15) is 0 Å². The van der Waals surface area contributed by atoms with Crippen LogP contribution in [-0.4, -0.2) is 29.8 Å². The molecule has 1 saturated heterocycles. The summed E-state index contributed by atoms with van der Waals surface area (Å²) in [5, 5.41) is 2.99. The van der Waals surface area contributed by atoms with Crippen molar-refractivity contribution < 1.29 is 9.59 Å². The van der Waals surface area contributed by atoms with Gasteiger partial charge in [-0.15, -0.1) is 0 Å². The lowest BCUT2D eigenvalue weighted by Gasteiger charge is -2.32. The van der Waals surface area contributed by atoms with Crippen molar-refractivity contribution in [2.75, 3.05) is 23.3 Å². The van der Waals surface area contributed by atoms with Crippen LogP contribution in [0.1, 0.15) is 49.8 Å². The van der Waals surface area contributed by atoms with Crippen LogP contribution in [0, 0.1) is 0 Å². The molecule has 0 aliphatic carbocycles. The van der Waals surface area contributed by atoms with Crippen molar-refractivity contribution >= 4 is 29.3 Å². The van der Waals surface area contributed by atoms with Crippen molar-refractivity contribution in [3.8, 4) is 0 Å². The minimum absolute atomic E-state index is 0.0700. The van der Waals surface area contributed by atoms with Crippen molar-refractivity contribution in [3.63, 3.8) is 0 Å². The molecule has 2 aliphatic heterocycles. The number of benzene rings is 2. The van der Waals surface area contributed by atoms with Crippen LogP contribution in [-0.2, 0) is 9.59 Å². The first-order chi connectivity index (χ1) is 14.1. The highest BCUT2D eigenvalue weighted by Gasteiger charge is 2.28. The largest absolute Gasteiger partial charge is 0.372 e. The van der Waals surface area contributed by atoms with Crippen LogP contribution in [0.15, 0.2) is 54.7 Å². The van der Waals surface area contributed by atoms with Crippen LogP contribution in [0.5, 0.6) is 0 Å². The zero-order valence-electron chi connectivity index (χ0n) is 16.8. The zero-order chi connectivity index (χ0) is 20.2. The molecule has 0 bridgehead atoms. The summed E-state index contributed by atoms with van der Waals surface area (Å²) in [5.41, 5.74) is 4.04. The third kappa shape index (κ3) is 4.34. The number of carbonyl (C=O) groups excluding carboxylic acids is 2. The van der Waals surface area contributed by atoms with Gasteiger partial charge in [-0.3, -0.25) is 9.59 Å². The fourth-order valence-corrected chi connectivity index (χ4v) is 4.21. The Morgan fingerprint density at radius 1 is 1.00 bits per heavy atom. The van der Waals surface area contributed by atoms with E-state index in [0.717, 1.165) is 29.9 Å². The number of piperidine rings is 1.